The smallest absolute Gasteiger partial charge is 0.345 e. The van der Waals surface area contributed by atoms with Crippen molar-refractivity contribution < 1.29 is 4.42 Å². The van der Waals surface area contributed by atoms with E-state index in [0.29, 0.717) is 28.1 Å². The van der Waals surface area contributed by atoms with Crippen LogP contribution in [0.25, 0.3) is 49.6 Å². The van der Waals surface area contributed by atoms with Crippen molar-refractivity contribution in [1.82, 2.24) is 20.0 Å². The van der Waals surface area contributed by atoms with Gasteiger partial charge in [0.15, 0.2) is 0 Å². The van der Waals surface area contributed by atoms with Crippen LogP contribution in [0.2, 0.25) is 0 Å². The van der Waals surface area contributed by atoms with Gasteiger partial charge in [-0.1, -0.05) is 48.0 Å². The molecule has 6 heteroatoms. The summed E-state index contributed by atoms with van der Waals surface area (Å²) in [6.07, 6.45) is 1.89. The van der Waals surface area contributed by atoms with Crippen LogP contribution in [0.5, 0.6) is 0 Å². The average Bonchev–Trinajstić information content (AvgIpc) is 3.26. The lowest BCUT2D eigenvalue weighted by molar-refractivity contribution is 0.563. The molecule has 0 aliphatic heterocycles. The van der Waals surface area contributed by atoms with E-state index in [9.17, 15) is 4.79 Å². The number of hydrogen-bond donors (Lipinski definition) is 0. The molecule has 0 unspecified atom stereocenters. The maximum Gasteiger partial charge on any atom is 0.345 e. The van der Waals surface area contributed by atoms with Crippen molar-refractivity contribution in [2.45, 2.75) is 13.8 Å². The van der Waals surface area contributed by atoms with Crippen molar-refractivity contribution in [3.05, 3.63) is 94.6 Å². The summed E-state index contributed by atoms with van der Waals surface area (Å²) >= 11 is 0. The van der Waals surface area contributed by atoms with E-state index in [-0.39, 0.29) is 0 Å². The molecule has 3 aromatic heterocycles. The number of nitrogens with zero attached hydrogens (tertiary/aromatic N) is 4. The third-order valence-corrected chi connectivity index (χ3v) is 5.81. The third kappa shape index (κ3) is 2.80. The van der Waals surface area contributed by atoms with Gasteiger partial charge in [-0.15, -0.1) is 5.10 Å². The van der Waals surface area contributed by atoms with E-state index in [1.807, 2.05) is 86.8 Å². The molecule has 32 heavy (non-hydrogen) atoms. The van der Waals surface area contributed by atoms with Crippen LogP contribution in [0.1, 0.15) is 11.3 Å². The standard InChI is InChI=1S/C26H18N4O2/c1-15-7-10-18(11-8-15)30-14-22-24(29-30)16(2)27-28-25(22)21-13-20-19-6-4-3-5-17(19)9-12-23(20)32-26(21)31/h3-14H,1-2H3. The summed E-state index contributed by atoms with van der Waals surface area (Å²) in [7, 11) is 0. The lowest BCUT2D eigenvalue weighted by Crippen LogP contribution is -2.05. The predicted octanol–water partition coefficient (Wildman–Crippen LogP) is 5.36. The number of hydrogen-bond acceptors (Lipinski definition) is 5. The molecule has 0 fully saturated rings. The van der Waals surface area contributed by atoms with Crippen LogP contribution in [0, 0.1) is 13.8 Å². The zero-order valence-electron chi connectivity index (χ0n) is 17.5. The summed E-state index contributed by atoms with van der Waals surface area (Å²) in [5.41, 5.74) is 4.43. The fourth-order valence-corrected chi connectivity index (χ4v) is 4.11. The Kier molecular flexibility index (Phi) is 3.95. The monoisotopic (exact) mass is 418 g/mol. The summed E-state index contributed by atoms with van der Waals surface area (Å²) < 4.78 is 7.48. The Labute approximate surface area is 182 Å². The van der Waals surface area contributed by atoms with E-state index < -0.39 is 5.63 Å². The topological polar surface area (TPSA) is 73.8 Å². The minimum Gasteiger partial charge on any atom is -0.422 e. The first-order valence-corrected chi connectivity index (χ1v) is 10.3. The molecule has 0 aliphatic carbocycles. The van der Waals surface area contributed by atoms with Crippen molar-refractivity contribution in [3.8, 4) is 16.9 Å². The summed E-state index contributed by atoms with van der Waals surface area (Å²) in [4.78, 5) is 13.0. The van der Waals surface area contributed by atoms with Crippen LogP contribution in [-0.4, -0.2) is 20.0 Å². The quantitative estimate of drug-likeness (QED) is 0.280. The first kappa shape index (κ1) is 18.4. The van der Waals surface area contributed by atoms with E-state index in [1.54, 1.807) is 4.68 Å². The molecule has 0 saturated carbocycles. The number of benzene rings is 3. The van der Waals surface area contributed by atoms with E-state index in [0.717, 1.165) is 27.2 Å². The molecule has 0 radical (unpaired) electrons. The highest BCUT2D eigenvalue weighted by atomic mass is 16.4. The van der Waals surface area contributed by atoms with E-state index >= 15 is 0 Å². The first-order valence-electron chi connectivity index (χ1n) is 10.3. The highest BCUT2D eigenvalue weighted by molar-refractivity contribution is 6.07. The lowest BCUT2D eigenvalue weighted by atomic mass is 10.0. The molecule has 0 saturated heterocycles. The molecule has 0 spiro atoms. The molecule has 3 heterocycles. The maximum absolute atomic E-state index is 13.0. The molecule has 0 bridgehead atoms. The van der Waals surface area contributed by atoms with Gasteiger partial charge in [0, 0.05) is 11.6 Å². The van der Waals surface area contributed by atoms with Crippen LogP contribution in [0.3, 0.4) is 0 Å². The largest absolute Gasteiger partial charge is 0.422 e. The minimum atomic E-state index is -0.449. The average molecular weight is 418 g/mol. The molecule has 0 amide bonds. The van der Waals surface area contributed by atoms with Gasteiger partial charge in [-0.05, 0) is 48.9 Å². The molecular formula is C26H18N4O2. The first-order chi connectivity index (χ1) is 15.6. The zero-order valence-corrected chi connectivity index (χ0v) is 17.5. The Bertz CT molecular complexity index is 1710. The molecule has 6 rings (SSSR count). The molecule has 6 nitrogen and oxygen atoms in total. The van der Waals surface area contributed by atoms with Gasteiger partial charge in [-0.2, -0.15) is 10.2 Å². The Morgan fingerprint density at radius 1 is 0.844 bits per heavy atom. The van der Waals surface area contributed by atoms with Gasteiger partial charge in [0.2, 0.25) is 0 Å². The SMILES string of the molecule is Cc1ccc(-n2cc3c(-c4cc5c(ccc6ccccc65)oc4=O)nnc(C)c3n2)cc1. The van der Waals surface area contributed by atoms with E-state index in [1.165, 1.54) is 5.56 Å². The second-order valence-corrected chi connectivity index (χ2v) is 7.95. The summed E-state index contributed by atoms with van der Waals surface area (Å²) in [5.74, 6) is 0. The van der Waals surface area contributed by atoms with Gasteiger partial charge < -0.3 is 4.42 Å². The van der Waals surface area contributed by atoms with Gasteiger partial charge in [0.05, 0.1) is 22.3 Å². The van der Waals surface area contributed by atoms with Crippen molar-refractivity contribution in [1.29, 1.82) is 0 Å². The minimum absolute atomic E-state index is 0.370. The highest BCUT2D eigenvalue weighted by Gasteiger charge is 2.18. The van der Waals surface area contributed by atoms with Gasteiger partial charge in [-0.25, -0.2) is 9.48 Å². The molecule has 3 aromatic carbocycles. The molecule has 0 aliphatic rings. The fourth-order valence-electron chi connectivity index (χ4n) is 4.11. The molecule has 154 valence electrons. The molecular weight excluding hydrogens is 400 g/mol. The second-order valence-electron chi connectivity index (χ2n) is 7.95. The fraction of sp³-hybridized carbons (Fsp3) is 0.0769. The number of aryl methyl sites for hydroxylation is 2. The van der Waals surface area contributed by atoms with Crippen LogP contribution in [0.15, 0.2) is 82.1 Å². The lowest BCUT2D eigenvalue weighted by Gasteiger charge is -2.06. The van der Waals surface area contributed by atoms with E-state index in [4.69, 9.17) is 9.52 Å². The Hall–Kier alpha value is -4.32. The van der Waals surface area contributed by atoms with Gasteiger partial charge >= 0.3 is 5.63 Å². The molecule has 0 atom stereocenters. The Balaban J connectivity index is 1.63. The number of rotatable bonds is 2. The van der Waals surface area contributed by atoms with Gasteiger partial charge in [0.25, 0.3) is 0 Å². The van der Waals surface area contributed by atoms with Crippen LogP contribution < -0.4 is 5.63 Å². The summed E-state index contributed by atoms with van der Waals surface area (Å²) in [6, 6.07) is 21.7. The maximum atomic E-state index is 13.0. The van der Waals surface area contributed by atoms with Crippen molar-refractivity contribution in [2.75, 3.05) is 0 Å². The normalized spacial score (nSPS) is 11.6. The van der Waals surface area contributed by atoms with Crippen LogP contribution in [-0.2, 0) is 0 Å². The Morgan fingerprint density at radius 2 is 1.66 bits per heavy atom. The van der Waals surface area contributed by atoms with Crippen molar-refractivity contribution in [3.63, 3.8) is 0 Å². The Morgan fingerprint density at radius 3 is 2.50 bits per heavy atom. The van der Waals surface area contributed by atoms with Crippen LogP contribution in [0.4, 0.5) is 0 Å². The summed E-state index contributed by atoms with van der Waals surface area (Å²) in [5, 5.41) is 17.1. The zero-order chi connectivity index (χ0) is 21.8. The number of aromatic nitrogens is 4. The summed E-state index contributed by atoms with van der Waals surface area (Å²) in [6.45, 7) is 3.91. The van der Waals surface area contributed by atoms with Crippen molar-refractivity contribution in [2.24, 2.45) is 0 Å². The number of fused-ring (bicyclic) bond motifs is 4. The third-order valence-electron chi connectivity index (χ3n) is 5.81. The highest BCUT2D eigenvalue weighted by Crippen LogP contribution is 2.30. The van der Waals surface area contributed by atoms with Gasteiger partial charge in [0.1, 0.15) is 16.8 Å². The molecule has 0 N–H and O–H groups in total. The second kappa shape index (κ2) is 6.85. The predicted molar refractivity (Wildman–Crippen MR) is 125 cm³/mol. The van der Waals surface area contributed by atoms with E-state index in [2.05, 4.69) is 10.2 Å². The van der Waals surface area contributed by atoms with Crippen molar-refractivity contribution >= 4 is 32.6 Å². The van der Waals surface area contributed by atoms with Gasteiger partial charge in [-0.3, -0.25) is 0 Å². The molecule has 6 aromatic rings. The van der Waals surface area contributed by atoms with Crippen LogP contribution >= 0.6 is 0 Å².